The van der Waals surface area contributed by atoms with E-state index in [-0.39, 0.29) is 0 Å². The van der Waals surface area contributed by atoms with Crippen LogP contribution in [0, 0.1) is 0 Å². The molecule has 34 heavy (non-hydrogen) atoms. The number of nitrogens with two attached hydrogens (primary N) is 1. The lowest BCUT2D eigenvalue weighted by molar-refractivity contribution is 0.122. The molecule has 5 heterocycles. The molecule has 0 spiro atoms. The molecule has 2 aliphatic rings. The van der Waals surface area contributed by atoms with Crippen LogP contribution in [0.1, 0.15) is 18.9 Å². The van der Waals surface area contributed by atoms with E-state index in [1.807, 2.05) is 6.33 Å². The standard InChI is InChI=1S/C24H27N9O/c25-20-15-26-19(14-27-20)21-22-23(30-24(29-21)32-10-12-34-13-11-32)33(16-28-22)18-6-8-31(9-7-18)17-4-2-1-3-5-17/h1-5,14-16,18H,6-13H2,(H2,25,27). The van der Waals surface area contributed by atoms with Gasteiger partial charge in [-0.2, -0.15) is 4.98 Å². The van der Waals surface area contributed by atoms with Gasteiger partial charge in [-0.1, -0.05) is 18.2 Å². The number of aromatic nitrogens is 6. The van der Waals surface area contributed by atoms with Gasteiger partial charge in [-0.05, 0) is 25.0 Å². The summed E-state index contributed by atoms with van der Waals surface area (Å²) in [6, 6.07) is 10.9. The van der Waals surface area contributed by atoms with Crippen LogP contribution >= 0.6 is 0 Å². The van der Waals surface area contributed by atoms with Crippen LogP contribution < -0.4 is 15.5 Å². The van der Waals surface area contributed by atoms with Crippen molar-refractivity contribution in [3.63, 3.8) is 0 Å². The summed E-state index contributed by atoms with van der Waals surface area (Å²) in [5.41, 5.74) is 9.94. The smallest absolute Gasteiger partial charge is 0.228 e. The van der Waals surface area contributed by atoms with E-state index in [4.69, 9.17) is 25.4 Å². The Morgan fingerprint density at radius 3 is 2.38 bits per heavy atom. The maximum Gasteiger partial charge on any atom is 0.228 e. The topological polar surface area (TPSA) is 111 Å². The molecule has 2 N–H and O–H groups in total. The van der Waals surface area contributed by atoms with E-state index in [0.29, 0.717) is 42.4 Å². The summed E-state index contributed by atoms with van der Waals surface area (Å²) in [6.45, 7) is 4.81. The molecular weight excluding hydrogens is 430 g/mol. The first-order valence-corrected chi connectivity index (χ1v) is 11.7. The van der Waals surface area contributed by atoms with Gasteiger partial charge in [0, 0.05) is 37.9 Å². The van der Waals surface area contributed by atoms with Gasteiger partial charge >= 0.3 is 0 Å². The number of piperidine rings is 1. The van der Waals surface area contributed by atoms with Gasteiger partial charge in [0.15, 0.2) is 5.65 Å². The highest BCUT2D eigenvalue weighted by Gasteiger charge is 2.26. The highest BCUT2D eigenvalue weighted by molar-refractivity contribution is 5.87. The molecular formula is C24H27N9O. The fourth-order valence-corrected chi connectivity index (χ4v) is 4.76. The first-order valence-electron chi connectivity index (χ1n) is 11.7. The van der Waals surface area contributed by atoms with Gasteiger partial charge in [0.25, 0.3) is 0 Å². The third kappa shape index (κ3) is 3.90. The summed E-state index contributed by atoms with van der Waals surface area (Å²) in [7, 11) is 0. The summed E-state index contributed by atoms with van der Waals surface area (Å²) in [4.78, 5) is 27.9. The highest BCUT2D eigenvalue weighted by Crippen LogP contribution is 2.32. The quantitative estimate of drug-likeness (QED) is 0.494. The Balaban J connectivity index is 1.36. The van der Waals surface area contributed by atoms with Crippen molar-refractivity contribution in [3.8, 4) is 11.4 Å². The zero-order valence-corrected chi connectivity index (χ0v) is 18.9. The molecule has 0 saturated carbocycles. The Labute approximate surface area is 197 Å². The first-order chi connectivity index (χ1) is 16.8. The van der Waals surface area contributed by atoms with Crippen molar-refractivity contribution in [2.24, 2.45) is 0 Å². The zero-order valence-electron chi connectivity index (χ0n) is 18.9. The van der Waals surface area contributed by atoms with Crippen molar-refractivity contribution < 1.29 is 4.74 Å². The minimum Gasteiger partial charge on any atom is -0.382 e. The van der Waals surface area contributed by atoms with Crippen molar-refractivity contribution in [2.75, 3.05) is 54.9 Å². The van der Waals surface area contributed by atoms with Crippen LogP contribution in [0.2, 0.25) is 0 Å². The van der Waals surface area contributed by atoms with Gasteiger partial charge < -0.3 is 24.8 Å². The fraction of sp³-hybridized carbons (Fsp3) is 0.375. The second kappa shape index (κ2) is 8.86. The van der Waals surface area contributed by atoms with E-state index in [1.165, 1.54) is 5.69 Å². The van der Waals surface area contributed by atoms with Crippen molar-refractivity contribution in [1.29, 1.82) is 0 Å². The molecule has 6 rings (SSSR count). The third-order valence-corrected chi connectivity index (χ3v) is 6.60. The second-order valence-electron chi connectivity index (χ2n) is 8.68. The van der Waals surface area contributed by atoms with Crippen LogP contribution in [0.5, 0.6) is 0 Å². The molecule has 0 aliphatic carbocycles. The van der Waals surface area contributed by atoms with E-state index in [0.717, 1.165) is 50.2 Å². The number of anilines is 3. The average molecular weight is 458 g/mol. The van der Waals surface area contributed by atoms with E-state index in [9.17, 15) is 0 Å². The molecule has 3 aromatic heterocycles. The molecule has 1 aromatic carbocycles. The number of imidazole rings is 1. The van der Waals surface area contributed by atoms with Crippen LogP contribution in [0.25, 0.3) is 22.6 Å². The van der Waals surface area contributed by atoms with Crippen LogP contribution in [-0.4, -0.2) is 68.9 Å². The second-order valence-corrected chi connectivity index (χ2v) is 8.68. The van der Waals surface area contributed by atoms with Crippen LogP contribution in [0.15, 0.2) is 49.1 Å². The molecule has 0 amide bonds. The summed E-state index contributed by atoms with van der Waals surface area (Å²) in [5.74, 6) is 1.05. The third-order valence-electron chi connectivity index (χ3n) is 6.60. The molecule has 0 radical (unpaired) electrons. The number of rotatable bonds is 4. The number of nitrogens with zero attached hydrogens (tertiary/aromatic N) is 8. The molecule has 10 nitrogen and oxygen atoms in total. The van der Waals surface area contributed by atoms with Gasteiger partial charge in [0.05, 0.1) is 31.9 Å². The molecule has 2 saturated heterocycles. The average Bonchev–Trinajstić information content (AvgIpc) is 3.34. The number of hydrogen-bond acceptors (Lipinski definition) is 9. The Kier molecular flexibility index (Phi) is 5.42. The molecule has 2 fully saturated rings. The number of benzene rings is 1. The van der Waals surface area contributed by atoms with Gasteiger partial charge in [-0.15, -0.1) is 0 Å². The normalized spacial score (nSPS) is 17.4. The van der Waals surface area contributed by atoms with Crippen LogP contribution in [0.4, 0.5) is 17.5 Å². The monoisotopic (exact) mass is 457 g/mol. The van der Waals surface area contributed by atoms with E-state index < -0.39 is 0 Å². The lowest BCUT2D eigenvalue weighted by Gasteiger charge is -2.34. The summed E-state index contributed by atoms with van der Waals surface area (Å²) >= 11 is 0. The van der Waals surface area contributed by atoms with E-state index in [2.05, 4.69) is 54.7 Å². The molecule has 0 atom stereocenters. The van der Waals surface area contributed by atoms with Gasteiger partial charge in [0.2, 0.25) is 5.95 Å². The van der Waals surface area contributed by atoms with Crippen LogP contribution in [0.3, 0.4) is 0 Å². The Morgan fingerprint density at radius 2 is 1.65 bits per heavy atom. The van der Waals surface area contributed by atoms with Crippen LogP contribution in [-0.2, 0) is 4.74 Å². The highest BCUT2D eigenvalue weighted by atomic mass is 16.5. The Morgan fingerprint density at radius 1 is 0.853 bits per heavy atom. The maximum atomic E-state index is 5.77. The summed E-state index contributed by atoms with van der Waals surface area (Å²) in [6.07, 6.45) is 7.15. The van der Waals surface area contributed by atoms with Gasteiger partial charge in [0.1, 0.15) is 22.7 Å². The van der Waals surface area contributed by atoms with Crippen molar-refractivity contribution in [2.45, 2.75) is 18.9 Å². The Hall–Kier alpha value is -3.79. The number of morpholine rings is 1. The van der Waals surface area contributed by atoms with E-state index >= 15 is 0 Å². The fourth-order valence-electron chi connectivity index (χ4n) is 4.76. The summed E-state index contributed by atoms with van der Waals surface area (Å²) in [5, 5.41) is 0. The lowest BCUT2D eigenvalue weighted by atomic mass is 10.0. The maximum absolute atomic E-state index is 5.77. The number of nitrogen functional groups attached to an aromatic ring is 1. The molecule has 2 aliphatic heterocycles. The molecule has 0 unspecified atom stereocenters. The molecule has 4 aromatic rings. The summed E-state index contributed by atoms with van der Waals surface area (Å²) < 4.78 is 7.75. The molecule has 10 heteroatoms. The van der Waals surface area contributed by atoms with Crippen molar-refractivity contribution in [3.05, 3.63) is 49.1 Å². The largest absolute Gasteiger partial charge is 0.382 e. The first kappa shape index (κ1) is 20.8. The van der Waals surface area contributed by atoms with Crippen molar-refractivity contribution in [1.82, 2.24) is 29.5 Å². The predicted molar refractivity (Wildman–Crippen MR) is 131 cm³/mol. The van der Waals surface area contributed by atoms with Gasteiger partial charge in [-0.3, -0.25) is 0 Å². The predicted octanol–water partition coefficient (Wildman–Crippen LogP) is 2.54. The SMILES string of the molecule is Nc1cnc(-c2nc(N3CCOCC3)nc3c2ncn3C2CCN(c3ccccc3)CC2)cn1. The number of ether oxygens (including phenoxy) is 1. The number of hydrogen-bond donors (Lipinski definition) is 1. The minimum atomic E-state index is 0.322. The number of para-hydroxylation sites is 1. The molecule has 174 valence electrons. The molecule has 0 bridgehead atoms. The van der Waals surface area contributed by atoms with Crippen molar-refractivity contribution >= 4 is 28.6 Å². The minimum absolute atomic E-state index is 0.322. The zero-order chi connectivity index (χ0) is 22.9. The van der Waals surface area contributed by atoms with Gasteiger partial charge in [-0.25, -0.2) is 19.9 Å². The number of fused-ring (bicyclic) bond motifs is 1. The van der Waals surface area contributed by atoms with E-state index in [1.54, 1.807) is 12.4 Å². The lowest BCUT2D eigenvalue weighted by Crippen LogP contribution is -2.37. The Bertz CT molecular complexity index is 1260.